The number of carboxylic acids is 1. The van der Waals surface area contributed by atoms with Crippen LogP contribution in [0.1, 0.15) is 20.3 Å². The summed E-state index contributed by atoms with van der Waals surface area (Å²) in [5, 5.41) is 13.9. The molecule has 96 valence electrons. The lowest BCUT2D eigenvalue weighted by molar-refractivity contribution is -0.140. The van der Waals surface area contributed by atoms with Crippen molar-refractivity contribution in [2.75, 3.05) is 13.1 Å². The van der Waals surface area contributed by atoms with Crippen molar-refractivity contribution in [2.45, 2.75) is 20.3 Å². The topological polar surface area (TPSA) is 95.5 Å². The number of hydrogen-bond acceptors (Lipinski definition) is 3. The molecule has 0 heterocycles. The van der Waals surface area contributed by atoms with Gasteiger partial charge in [-0.2, -0.15) is 0 Å². The first kappa shape index (κ1) is 13.5. The van der Waals surface area contributed by atoms with E-state index in [0.717, 1.165) is 0 Å². The van der Waals surface area contributed by atoms with Crippen LogP contribution in [0.2, 0.25) is 0 Å². The minimum atomic E-state index is -0.918. The molecule has 0 aromatic heterocycles. The molecule has 6 heteroatoms. The molecule has 3 N–H and O–H groups in total. The van der Waals surface area contributed by atoms with Crippen molar-refractivity contribution >= 4 is 17.8 Å². The zero-order valence-corrected chi connectivity index (χ0v) is 10.0. The molecule has 0 spiro atoms. The van der Waals surface area contributed by atoms with Crippen LogP contribution in [0.25, 0.3) is 0 Å². The summed E-state index contributed by atoms with van der Waals surface area (Å²) in [5.41, 5.74) is 0. The van der Waals surface area contributed by atoms with E-state index in [1.54, 1.807) is 13.8 Å². The molecular weight excluding hydrogens is 224 g/mol. The lowest BCUT2D eigenvalue weighted by atomic mass is 10.2. The second-order valence-electron chi connectivity index (χ2n) is 4.52. The lowest BCUT2D eigenvalue weighted by Crippen LogP contribution is -2.37. The summed E-state index contributed by atoms with van der Waals surface area (Å²) in [5.74, 6) is -2.22. The van der Waals surface area contributed by atoms with Gasteiger partial charge in [0, 0.05) is 19.0 Å². The van der Waals surface area contributed by atoms with E-state index in [2.05, 4.69) is 10.6 Å². The average molecular weight is 242 g/mol. The average Bonchev–Trinajstić information content (AvgIpc) is 3.03. The molecular formula is C11H18N2O4. The van der Waals surface area contributed by atoms with Gasteiger partial charge >= 0.3 is 5.97 Å². The van der Waals surface area contributed by atoms with E-state index in [1.165, 1.54) is 0 Å². The van der Waals surface area contributed by atoms with Crippen LogP contribution < -0.4 is 10.6 Å². The maximum absolute atomic E-state index is 11.4. The first-order valence-electron chi connectivity index (χ1n) is 5.71. The SMILES string of the molecule is CC(C)C(=O)NCCNC(=O)[C@@H]1C[C@@H]1C(=O)O. The predicted molar refractivity (Wildman–Crippen MR) is 60.1 cm³/mol. The van der Waals surface area contributed by atoms with Gasteiger partial charge in [0.15, 0.2) is 0 Å². The van der Waals surface area contributed by atoms with E-state index in [9.17, 15) is 14.4 Å². The van der Waals surface area contributed by atoms with Gasteiger partial charge in [-0.3, -0.25) is 14.4 Å². The maximum atomic E-state index is 11.4. The maximum Gasteiger partial charge on any atom is 0.307 e. The Morgan fingerprint density at radius 2 is 1.76 bits per heavy atom. The smallest absolute Gasteiger partial charge is 0.307 e. The van der Waals surface area contributed by atoms with Crippen molar-refractivity contribution in [3.63, 3.8) is 0 Å². The third-order valence-corrected chi connectivity index (χ3v) is 2.69. The van der Waals surface area contributed by atoms with Gasteiger partial charge in [-0.15, -0.1) is 0 Å². The van der Waals surface area contributed by atoms with Gasteiger partial charge in [0.1, 0.15) is 0 Å². The first-order chi connectivity index (χ1) is 7.93. The predicted octanol–water partition coefficient (Wildman–Crippen LogP) is -0.404. The Balaban J connectivity index is 2.10. The van der Waals surface area contributed by atoms with Crippen molar-refractivity contribution < 1.29 is 19.5 Å². The van der Waals surface area contributed by atoms with Gasteiger partial charge < -0.3 is 15.7 Å². The molecule has 0 unspecified atom stereocenters. The highest BCUT2D eigenvalue weighted by Gasteiger charge is 2.48. The molecule has 0 saturated heterocycles. The van der Waals surface area contributed by atoms with E-state index >= 15 is 0 Å². The Bertz CT molecular complexity index is 327. The van der Waals surface area contributed by atoms with Crippen LogP contribution in [-0.2, 0) is 14.4 Å². The molecule has 17 heavy (non-hydrogen) atoms. The second-order valence-corrected chi connectivity index (χ2v) is 4.52. The molecule has 0 aromatic carbocycles. The largest absolute Gasteiger partial charge is 0.481 e. The number of carboxylic acid groups (broad SMARTS) is 1. The third kappa shape index (κ3) is 4.05. The molecule has 2 atom stereocenters. The highest BCUT2D eigenvalue weighted by atomic mass is 16.4. The fourth-order valence-corrected chi connectivity index (χ4v) is 1.46. The lowest BCUT2D eigenvalue weighted by Gasteiger charge is -2.08. The van der Waals surface area contributed by atoms with Crippen molar-refractivity contribution in [2.24, 2.45) is 17.8 Å². The second kappa shape index (κ2) is 5.65. The Hall–Kier alpha value is -1.59. The third-order valence-electron chi connectivity index (χ3n) is 2.69. The van der Waals surface area contributed by atoms with E-state index in [0.29, 0.717) is 19.5 Å². The summed E-state index contributed by atoms with van der Waals surface area (Å²) < 4.78 is 0. The fraction of sp³-hybridized carbons (Fsp3) is 0.727. The van der Waals surface area contributed by atoms with E-state index in [4.69, 9.17) is 5.11 Å². The Kier molecular flexibility index (Phi) is 4.48. The number of hydrogen-bond donors (Lipinski definition) is 3. The summed E-state index contributed by atoms with van der Waals surface area (Å²) in [6, 6.07) is 0. The molecule has 1 saturated carbocycles. The summed E-state index contributed by atoms with van der Waals surface area (Å²) in [4.78, 5) is 33.1. The number of amides is 2. The van der Waals surface area contributed by atoms with Gasteiger partial charge in [0.25, 0.3) is 0 Å². The standard InChI is InChI=1S/C11H18N2O4/c1-6(2)9(14)12-3-4-13-10(15)7-5-8(7)11(16)17/h6-8H,3-5H2,1-2H3,(H,12,14)(H,13,15)(H,16,17)/t7-,8+/m1/s1. The van der Waals surface area contributed by atoms with Crippen LogP contribution >= 0.6 is 0 Å². The summed E-state index contributed by atoms with van der Waals surface area (Å²) >= 11 is 0. The number of carbonyl (C=O) groups is 3. The van der Waals surface area contributed by atoms with Gasteiger partial charge in [0.2, 0.25) is 11.8 Å². The monoisotopic (exact) mass is 242 g/mol. The Morgan fingerprint density at radius 3 is 2.24 bits per heavy atom. The van der Waals surface area contributed by atoms with Crippen LogP contribution in [0.4, 0.5) is 0 Å². The van der Waals surface area contributed by atoms with E-state index in [-0.39, 0.29) is 17.7 Å². The van der Waals surface area contributed by atoms with Gasteiger partial charge in [-0.05, 0) is 6.42 Å². The minimum absolute atomic E-state index is 0.0610. The van der Waals surface area contributed by atoms with Crippen molar-refractivity contribution in [3.8, 4) is 0 Å². The quantitative estimate of drug-likeness (QED) is 0.552. The van der Waals surface area contributed by atoms with Gasteiger partial charge in [-0.25, -0.2) is 0 Å². The molecule has 1 aliphatic carbocycles. The molecule has 1 rings (SSSR count). The summed E-state index contributed by atoms with van der Waals surface area (Å²) in [7, 11) is 0. The number of rotatable bonds is 6. The molecule has 0 aliphatic heterocycles. The summed E-state index contributed by atoms with van der Waals surface area (Å²) in [6.07, 6.45) is 0.416. The Morgan fingerprint density at radius 1 is 1.18 bits per heavy atom. The molecule has 1 fully saturated rings. The first-order valence-corrected chi connectivity index (χ1v) is 5.71. The van der Waals surface area contributed by atoms with Crippen LogP contribution in [0.3, 0.4) is 0 Å². The molecule has 2 amide bonds. The molecule has 1 aliphatic rings. The summed E-state index contributed by atoms with van der Waals surface area (Å²) in [6.45, 7) is 4.28. The van der Waals surface area contributed by atoms with Crippen molar-refractivity contribution in [1.29, 1.82) is 0 Å². The van der Waals surface area contributed by atoms with Crippen LogP contribution in [0.5, 0.6) is 0 Å². The number of carbonyl (C=O) groups excluding carboxylic acids is 2. The van der Waals surface area contributed by atoms with Crippen LogP contribution in [-0.4, -0.2) is 36.0 Å². The van der Waals surface area contributed by atoms with Crippen molar-refractivity contribution in [1.82, 2.24) is 10.6 Å². The minimum Gasteiger partial charge on any atom is -0.481 e. The zero-order valence-electron chi connectivity index (χ0n) is 10.0. The highest BCUT2D eigenvalue weighted by Crippen LogP contribution is 2.38. The van der Waals surface area contributed by atoms with Gasteiger partial charge in [0.05, 0.1) is 11.8 Å². The molecule has 0 aromatic rings. The number of nitrogens with one attached hydrogen (secondary N) is 2. The fourth-order valence-electron chi connectivity index (χ4n) is 1.46. The van der Waals surface area contributed by atoms with Crippen LogP contribution in [0, 0.1) is 17.8 Å². The molecule has 6 nitrogen and oxygen atoms in total. The van der Waals surface area contributed by atoms with Gasteiger partial charge in [-0.1, -0.05) is 13.8 Å². The normalized spacial score (nSPS) is 22.1. The number of aliphatic carboxylic acids is 1. The van der Waals surface area contributed by atoms with E-state index in [1.807, 2.05) is 0 Å². The highest BCUT2D eigenvalue weighted by molar-refractivity contribution is 5.89. The van der Waals surface area contributed by atoms with E-state index < -0.39 is 17.8 Å². The Labute approximate surface area is 99.8 Å². The van der Waals surface area contributed by atoms with Crippen molar-refractivity contribution in [3.05, 3.63) is 0 Å². The zero-order chi connectivity index (χ0) is 13.0. The molecule has 0 bridgehead atoms. The van der Waals surface area contributed by atoms with Crippen LogP contribution in [0.15, 0.2) is 0 Å². The molecule has 0 radical (unpaired) electrons.